The predicted molar refractivity (Wildman–Crippen MR) is 146 cm³/mol. The molecule has 1 unspecified atom stereocenters. The van der Waals surface area contributed by atoms with Crippen molar-refractivity contribution in [3.05, 3.63) is 106 Å². The van der Waals surface area contributed by atoms with Gasteiger partial charge in [-0.3, -0.25) is 9.59 Å². The van der Waals surface area contributed by atoms with Crippen molar-refractivity contribution in [3.8, 4) is 11.1 Å². The minimum absolute atomic E-state index is 0.142. The number of anilines is 1. The Balaban J connectivity index is 1.34. The fraction of sp³-hybridized carbons (Fsp3) is 0.0690. The maximum Gasteiger partial charge on any atom is 0.249 e. The Kier molecular flexibility index (Phi) is 6.47. The van der Waals surface area contributed by atoms with Gasteiger partial charge in [0.1, 0.15) is 11.5 Å². The molecule has 36 heavy (non-hydrogen) atoms. The molecule has 0 fully saturated rings. The van der Waals surface area contributed by atoms with Crippen molar-refractivity contribution < 1.29 is 9.59 Å². The molecule has 0 saturated heterocycles. The smallest absolute Gasteiger partial charge is 0.249 e. The molecule has 0 aliphatic carbocycles. The van der Waals surface area contributed by atoms with Gasteiger partial charge in [0.2, 0.25) is 11.8 Å². The van der Waals surface area contributed by atoms with E-state index in [1.165, 1.54) is 5.56 Å². The van der Waals surface area contributed by atoms with Crippen LogP contribution in [-0.2, 0) is 9.59 Å². The fourth-order valence-corrected chi connectivity index (χ4v) is 4.73. The molecular weight excluding hydrogens is 468 g/mol. The first-order chi connectivity index (χ1) is 17.5. The second-order valence-corrected chi connectivity index (χ2v) is 9.25. The van der Waals surface area contributed by atoms with Crippen LogP contribution in [0, 0.1) is 0 Å². The summed E-state index contributed by atoms with van der Waals surface area (Å²) in [5.74, 6) is -0.545. The van der Waals surface area contributed by atoms with Crippen LogP contribution in [0.1, 0.15) is 29.5 Å². The number of hydrogen-bond donors (Lipinski definition) is 3. The van der Waals surface area contributed by atoms with Crippen molar-refractivity contribution in [2.45, 2.75) is 12.8 Å². The molecule has 1 atom stereocenters. The summed E-state index contributed by atoms with van der Waals surface area (Å²) in [5.41, 5.74) is 11.4. The molecule has 7 heteroatoms. The SMILES string of the molecule is CC(C(=O)Nc1ccc2c(C=C(C(N)=O)c3ccccc3)c[nH]c2n1)c1ccc(-c2ccsc2)cc1. The summed E-state index contributed by atoms with van der Waals surface area (Å²) < 4.78 is 0. The number of carbonyl (C=O) groups excluding carboxylic acids is 2. The van der Waals surface area contributed by atoms with E-state index in [1.807, 2.05) is 73.0 Å². The third-order valence-electron chi connectivity index (χ3n) is 6.13. The molecule has 4 N–H and O–H groups in total. The van der Waals surface area contributed by atoms with E-state index in [-0.39, 0.29) is 11.8 Å². The topological polar surface area (TPSA) is 101 Å². The third-order valence-corrected chi connectivity index (χ3v) is 6.81. The maximum atomic E-state index is 12.9. The van der Waals surface area contributed by atoms with E-state index in [9.17, 15) is 9.59 Å². The third kappa shape index (κ3) is 4.82. The van der Waals surface area contributed by atoms with Gasteiger partial charge in [0.05, 0.1) is 5.92 Å². The van der Waals surface area contributed by atoms with Crippen LogP contribution in [0.3, 0.4) is 0 Å². The number of nitrogens with zero attached hydrogens (tertiary/aromatic N) is 1. The Morgan fingerprint density at radius 3 is 2.47 bits per heavy atom. The number of carbonyl (C=O) groups is 2. The van der Waals surface area contributed by atoms with Crippen molar-refractivity contribution in [1.29, 1.82) is 0 Å². The van der Waals surface area contributed by atoms with Crippen LogP contribution in [-0.4, -0.2) is 21.8 Å². The summed E-state index contributed by atoms with van der Waals surface area (Å²) in [6.45, 7) is 1.87. The number of fused-ring (bicyclic) bond motifs is 1. The van der Waals surface area contributed by atoms with Gasteiger partial charge in [-0.15, -0.1) is 0 Å². The molecule has 3 aromatic heterocycles. The highest BCUT2D eigenvalue weighted by atomic mass is 32.1. The van der Waals surface area contributed by atoms with E-state index in [0.717, 1.165) is 27.6 Å². The molecule has 178 valence electrons. The second kappa shape index (κ2) is 10.0. The van der Waals surface area contributed by atoms with E-state index in [0.29, 0.717) is 17.0 Å². The van der Waals surface area contributed by atoms with E-state index >= 15 is 0 Å². The molecule has 0 aliphatic rings. The van der Waals surface area contributed by atoms with Gasteiger partial charge in [-0.2, -0.15) is 11.3 Å². The maximum absolute atomic E-state index is 12.9. The number of aromatic nitrogens is 2. The van der Waals surface area contributed by atoms with Crippen molar-refractivity contribution in [2.75, 3.05) is 5.32 Å². The van der Waals surface area contributed by atoms with Crippen LogP contribution in [0.2, 0.25) is 0 Å². The van der Waals surface area contributed by atoms with Gasteiger partial charge in [-0.25, -0.2) is 4.98 Å². The number of hydrogen-bond acceptors (Lipinski definition) is 4. The number of H-pyrrole nitrogens is 1. The summed E-state index contributed by atoms with van der Waals surface area (Å²) in [7, 11) is 0. The number of amides is 2. The van der Waals surface area contributed by atoms with Gasteiger partial charge in [0.25, 0.3) is 0 Å². The lowest BCUT2D eigenvalue weighted by molar-refractivity contribution is -0.117. The second-order valence-electron chi connectivity index (χ2n) is 8.47. The van der Waals surface area contributed by atoms with Crippen LogP contribution >= 0.6 is 11.3 Å². The number of nitrogens with two attached hydrogens (primary N) is 1. The Morgan fingerprint density at radius 1 is 1.00 bits per heavy atom. The molecule has 5 rings (SSSR count). The molecule has 3 heterocycles. The Hall–Kier alpha value is -4.49. The highest BCUT2D eigenvalue weighted by Gasteiger charge is 2.17. The normalized spacial score (nSPS) is 12.4. The van der Waals surface area contributed by atoms with Crippen molar-refractivity contribution in [1.82, 2.24) is 9.97 Å². The van der Waals surface area contributed by atoms with Gasteiger partial charge in [-0.1, -0.05) is 54.6 Å². The molecule has 0 spiro atoms. The number of rotatable bonds is 7. The van der Waals surface area contributed by atoms with Gasteiger partial charge in [0.15, 0.2) is 0 Å². The molecule has 0 bridgehead atoms. The molecule has 2 aromatic carbocycles. The number of nitrogens with one attached hydrogen (secondary N) is 2. The molecule has 6 nitrogen and oxygen atoms in total. The van der Waals surface area contributed by atoms with Crippen LogP contribution < -0.4 is 11.1 Å². The van der Waals surface area contributed by atoms with Crippen molar-refractivity contribution in [2.24, 2.45) is 5.73 Å². The lowest BCUT2D eigenvalue weighted by Gasteiger charge is -2.13. The summed E-state index contributed by atoms with van der Waals surface area (Å²) in [6, 6.07) is 23.0. The minimum Gasteiger partial charge on any atom is -0.366 e. The highest BCUT2D eigenvalue weighted by molar-refractivity contribution is 7.08. The van der Waals surface area contributed by atoms with Crippen molar-refractivity contribution >= 4 is 51.7 Å². The van der Waals surface area contributed by atoms with Crippen LogP contribution in [0.25, 0.3) is 33.8 Å². The summed E-state index contributed by atoms with van der Waals surface area (Å²) in [6.07, 6.45) is 3.52. The van der Waals surface area contributed by atoms with Gasteiger partial charge in [0, 0.05) is 22.7 Å². The first-order valence-electron chi connectivity index (χ1n) is 11.5. The first-order valence-corrected chi connectivity index (χ1v) is 12.4. The molecule has 2 amide bonds. The fourth-order valence-electron chi connectivity index (χ4n) is 4.06. The van der Waals surface area contributed by atoms with E-state index in [2.05, 4.69) is 26.7 Å². The molecular formula is C29H24N4O2S. The van der Waals surface area contributed by atoms with E-state index < -0.39 is 5.91 Å². The number of pyridine rings is 1. The zero-order valence-electron chi connectivity index (χ0n) is 19.6. The average molecular weight is 493 g/mol. The molecule has 0 saturated carbocycles. The van der Waals surface area contributed by atoms with Crippen LogP contribution in [0.5, 0.6) is 0 Å². The van der Waals surface area contributed by atoms with Gasteiger partial charge in [-0.05, 0) is 64.2 Å². The van der Waals surface area contributed by atoms with Gasteiger partial charge >= 0.3 is 0 Å². The lowest BCUT2D eigenvalue weighted by atomic mass is 9.97. The Labute approximate surface area is 212 Å². The molecule has 0 aliphatic heterocycles. The summed E-state index contributed by atoms with van der Waals surface area (Å²) >= 11 is 1.66. The first kappa shape index (κ1) is 23.3. The van der Waals surface area contributed by atoms with Crippen molar-refractivity contribution in [3.63, 3.8) is 0 Å². The monoisotopic (exact) mass is 492 g/mol. The van der Waals surface area contributed by atoms with Gasteiger partial charge < -0.3 is 16.0 Å². The zero-order valence-corrected chi connectivity index (χ0v) is 20.4. The highest BCUT2D eigenvalue weighted by Crippen LogP contribution is 2.27. The zero-order chi connectivity index (χ0) is 25.1. The Bertz CT molecular complexity index is 1550. The standard InChI is InChI=1S/C29H24N4O2S/c1-18(19-7-9-20(10-8-19)22-13-14-36-17-22)29(35)33-26-12-11-24-23(16-31-28(24)32-26)15-25(27(30)34)21-5-3-2-4-6-21/h2-18H,1H3,(H2,30,34)(H2,31,32,33,35). The number of aromatic amines is 1. The summed E-state index contributed by atoms with van der Waals surface area (Å²) in [4.78, 5) is 32.7. The van der Waals surface area contributed by atoms with Crippen LogP contribution in [0.15, 0.2) is 89.8 Å². The number of thiophene rings is 1. The number of benzene rings is 2. The van der Waals surface area contributed by atoms with E-state index in [4.69, 9.17) is 5.73 Å². The van der Waals surface area contributed by atoms with Crippen LogP contribution in [0.4, 0.5) is 5.82 Å². The average Bonchev–Trinajstić information content (AvgIpc) is 3.57. The largest absolute Gasteiger partial charge is 0.366 e. The van der Waals surface area contributed by atoms with E-state index in [1.54, 1.807) is 29.7 Å². The predicted octanol–water partition coefficient (Wildman–Crippen LogP) is 6.06. The number of primary amides is 1. The molecule has 5 aromatic rings. The quantitative estimate of drug-likeness (QED) is 0.241. The minimum atomic E-state index is -0.510. The lowest BCUT2D eigenvalue weighted by Crippen LogP contribution is -2.19. The Morgan fingerprint density at radius 2 is 1.78 bits per heavy atom. The molecule has 0 radical (unpaired) electrons. The summed E-state index contributed by atoms with van der Waals surface area (Å²) in [5, 5.41) is 7.88.